The van der Waals surface area contributed by atoms with E-state index < -0.39 is 0 Å². The fourth-order valence-corrected chi connectivity index (χ4v) is 2.46. The molecule has 0 aliphatic carbocycles. The van der Waals surface area contributed by atoms with E-state index in [9.17, 15) is 0 Å². The summed E-state index contributed by atoms with van der Waals surface area (Å²) in [6, 6.07) is 4.66. The van der Waals surface area contributed by atoms with E-state index in [2.05, 4.69) is 39.8 Å². The molecule has 1 heterocycles. The van der Waals surface area contributed by atoms with Gasteiger partial charge in [-0.1, -0.05) is 26.8 Å². The molecule has 1 aromatic carbocycles. The molecule has 1 aromatic rings. The lowest BCUT2D eigenvalue weighted by Crippen LogP contribution is -2.19. The highest BCUT2D eigenvalue weighted by molar-refractivity contribution is 5.51. The van der Waals surface area contributed by atoms with E-state index in [1.807, 2.05) is 0 Å². The zero-order valence-corrected chi connectivity index (χ0v) is 13.2. The average Bonchev–Trinajstić information content (AvgIpc) is 2.37. The summed E-state index contributed by atoms with van der Waals surface area (Å²) in [5, 5.41) is 0. The van der Waals surface area contributed by atoms with Crippen molar-refractivity contribution in [1.82, 2.24) is 0 Å². The van der Waals surface area contributed by atoms with Gasteiger partial charge in [-0.15, -0.1) is 0 Å². The SMILES string of the molecule is C[C@H](N)CCCc1cc(C(C)(C)C)cc2c1OCCO2. The lowest BCUT2D eigenvalue weighted by atomic mass is 9.85. The molecule has 0 radical (unpaired) electrons. The molecule has 0 fully saturated rings. The first-order valence-corrected chi connectivity index (χ1v) is 7.56. The second-order valence-corrected chi connectivity index (χ2v) is 6.78. The molecule has 2 N–H and O–H groups in total. The number of ether oxygens (including phenoxy) is 2. The Labute approximate surface area is 122 Å². The highest BCUT2D eigenvalue weighted by atomic mass is 16.6. The van der Waals surface area contributed by atoms with Gasteiger partial charge in [-0.2, -0.15) is 0 Å². The van der Waals surface area contributed by atoms with Gasteiger partial charge in [0.25, 0.3) is 0 Å². The van der Waals surface area contributed by atoms with Gasteiger partial charge in [0.1, 0.15) is 13.2 Å². The predicted molar refractivity (Wildman–Crippen MR) is 82.7 cm³/mol. The van der Waals surface area contributed by atoms with Gasteiger partial charge in [0.2, 0.25) is 0 Å². The fraction of sp³-hybridized carbons (Fsp3) is 0.647. The molecule has 1 aliphatic heterocycles. The van der Waals surface area contributed by atoms with Crippen LogP contribution in [0.2, 0.25) is 0 Å². The van der Waals surface area contributed by atoms with Crippen molar-refractivity contribution in [2.24, 2.45) is 5.73 Å². The quantitative estimate of drug-likeness (QED) is 0.917. The monoisotopic (exact) mass is 277 g/mol. The van der Waals surface area contributed by atoms with Crippen LogP contribution in [0.5, 0.6) is 11.5 Å². The van der Waals surface area contributed by atoms with Crippen LogP contribution in [0, 0.1) is 0 Å². The number of rotatable bonds is 4. The van der Waals surface area contributed by atoms with Crippen molar-refractivity contribution < 1.29 is 9.47 Å². The third-order valence-electron chi connectivity index (χ3n) is 3.69. The lowest BCUT2D eigenvalue weighted by molar-refractivity contribution is 0.169. The molecule has 0 saturated carbocycles. The van der Waals surface area contributed by atoms with Crippen molar-refractivity contribution in [3.8, 4) is 11.5 Å². The molecule has 0 unspecified atom stereocenters. The van der Waals surface area contributed by atoms with E-state index in [0.717, 1.165) is 30.8 Å². The van der Waals surface area contributed by atoms with Crippen LogP contribution >= 0.6 is 0 Å². The molecule has 0 spiro atoms. The van der Waals surface area contributed by atoms with Crippen molar-refractivity contribution in [3.63, 3.8) is 0 Å². The number of hydrogen-bond acceptors (Lipinski definition) is 3. The van der Waals surface area contributed by atoms with Crippen LogP contribution in [0.4, 0.5) is 0 Å². The molecule has 2 rings (SSSR count). The molecule has 1 atom stereocenters. The molecule has 112 valence electrons. The molecule has 0 bridgehead atoms. The molecule has 3 nitrogen and oxygen atoms in total. The standard InChI is InChI=1S/C17H27NO2/c1-12(18)6-5-7-13-10-14(17(2,3)4)11-15-16(13)20-9-8-19-15/h10-12H,5-9,18H2,1-4H3/t12-/m0/s1. The van der Waals surface area contributed by atoms with Crippen molar-refractivity contribution in [2.45, 2.75) is 58.4 Å². The van der Waals surface area contributed by atoms with Crippen LogP contribution in [0.1, 0.15) is 51.7 Å². The Morgan fingerprint density at radius 1 is 1.20 bits per heavy atom. The normalized spacial score (nSPS) is 16.1. The lowest BCUT2D eigenvalue weighted by Gasteiger charge is -2.26. The summed E-state index contributed by atoms with van der Waals surface area (Å²) < 4.78 is 11.6. The van der Waals surface area contributed by atoms with Crippen molar-refractivity contribution >= 4 is 0 Å². The van der Waals surface area contributed by atoms with Gasteiger partial charge in [-0.05, 0) is 48.8 Å². The Morgan fingerprint density at radius 3 is 2.55 bits per heavy atom. The summed E-state index contributed by atoms with van der Waals surface area (Å²) in [7, 11) is 0. The minimum atomic E-state index is 0.117. The Kier molecular flexibility index (Phi) is 4.59. The summed E-state index contributed by atoms with van der Waals surface area (Å²) in [6.45, 7) is 10.0. The van der Waals surface area contributed by atoms with E-state index in [1.54, 1.807) is 0 Å². The maximum atomic E-state index is 5.84. The van der Waals surface area contributed by atoms with Crippen molar-refractivity contribution in [1.29, 1.82) is 0 Å². The third kappa shape index (κ3) is 3.66. The Balaban J connectivity index is 2.27. The van der Waals surface area contributed by atoms with Crippen LogP contribution < -0.4 is 15.2 Å². The molecule has 0 amide bonds. The maximum absolute atomic E-state index is 5.84. The van der Waals surface area contributed by atoms with Gasteiger partial charge in [0.05, 0.1) is 0 Å². The van der Waals surface area contributed by atoms with E-state index >= 15 is 0 Å². The van der Waals surface area contributed by atoms with Crippen LogP contribution in [0.25, 0.3) is 0 Å². The maximum Gasteiger partial charge on any atom is 0.164 e. The molecule has 0 saturated heterocycles. The largest absolute Gasteiger partial charge is 0.486 e. The van der Waals surface area contributed by atoms with Crippen LogP contribution in [0.3, 0.4) is 0 Å². The summed E-state index contributed by atoms with van der Waals surface area (Å²) >= 11 is 0. The molecule has 3 heteroatoms. The van der Waals surface area contributed by atoms with Crippen LogP contribution in [-0.2, 0) is 11.8 Å². The molecule has 20 heavy (non-hydrogen) atoms. The number of aryl methyl sites for hydroxylation is 1. The minimum Gasteiger partial charge on any atom is -0.486 e. The molecule has 1 aliphatic rings. The first-order chi connectivity index (χ1) is 9.38. The van der Waals surface area contributed by atoms with E-state index in [1.165, 1.54) is 11.1 Å². The Bertz CT molecular complexity index is 461. The van der Waals surface area contributed by atoms with Gasteiger partial charge >= 0.3 is 0 Å². The van der Waals surface area contributed by atoms with Crippen molar-refractivity contribution in [3.05, 3.63) is 23.3 Å². The highest BCUT2D eigenvalue weighted by Crippen LogP contribution is 2.39. The second-order valence-electron chi connectivity index (χ2n) is 6.78. The first kappa shape index (κ1) is 15.2. The Hall–Kier alpha value is -1.22. The molecular formula is C17H27NO2. The van der Waals surface area contributed by atoms with Crippen LogP contribution in [0.15, 0.2) is 12.1 Å². The second kappa shape index (κ2) is 6.04. The van der Waals surface area contributed by atoms with Gasteiger partial charge in [-0.3, -0.25) is 0 Å². The van der Waals surface area contributed by atoms with Gasteiger partial charge in [0, 0.05) is 6.04 Å². The van der Waals surface area contributed by atoms with E-state index in [0.29, 0.717) is 13.2 Å². The van der Waals surface area contributed by atoms with E-state index in [-0.39, 0.29) is 11.5 Å². The third-order valence-corrected chi connectivity index (χ3v) is 3.69. The Morgan fingerprint density at radius 2 is 1.90 bits per heavy atom. The zero-order chi connectivity index (χ0) is 14.8. The van der Waals surface area contributed by atoms with Gasteiger partial charge in [-0.25, -0.2) is 0 Å². The number of benzene rings is 1. The summed E-state index contributed by atoms with van der Waals surface area (Å²) in [5.74, 6) is 1.84. The summed E-state index contributed by atoms with van der Waals surface area (Å²) in [6.07, 6.45) is 3.12. The van der Waals surface area contributed by atoms with Gasteiger partial charge < -0.3 is 15.2 Å². The smallest absolute Gasteiger partial charge is 0.164 e. The number of nitrogens with two attached hydrogens (primary N) is 1. The summed E-state index contributed by atoms with van der Waals surface area (Å²) in [5.41, 5.74) is 8.51. The number of hydrogen-bond donors (Lipinski definition) is 1. The van der Waals surface area contributed by atoms with Crippen LogP contribution in [-0.4, -0.2) is 19.3 Å². The predicted octanol–water partition coefficient (Wildman–Crippen LogP) is 3.43. The minimum absolute atomic E-state index is 0.117. The van der Waals surface area contributed by atoms with Crippen molar-refractivity contribution in [2.75, 3.05) is 13.2 Å². The number of fused-ring (bicyclic) bond motifs is 1. The summed E-state index contributed by atoms with van der Waals surface area (Å²) in [4.78, 5) is 0. The fourth-order valence-electron chi connectivity index (χ4n) is 2.46. The molecular weight excluding hydrogens is 250 g/mol. The highest BCUT2D eigenvalue weighted by Gasteiger charge is 2.22. The topological polar surface area (TPSA) is 44.5 Å². The first-order valence-electron chi connectivity index (χ1n) is 7.56. The zero-order valence-electron chi connectivity index (χ0n) is 13.2. The molecule has 0 aromatic heterocycles. The van der Waals surface area contributed by atoms with E-state index in [4.69, 9.17) is 15.2 Å². The van der Waals surface area contributed by atoms with Gasteiger partial charge in [0.15, 0.2) is 11.5 Å². The average molecular weight is 277 g/mol.